The number of carbonyl (C=O) groups is 2. The van der Waals surface area contributed by atoms with E-state index in [2.05, 4.69) is 20.8 Å². The molecule has 10 heteroatoms. The zero-order chi connectivity index (χ0) is 17.1. The summed E-state index contributed by atoms with van der Waals surface area (Å²) in [5.41, 5.74) is 0.775. The summed E-state index contributed by atoms with van der Waals surface area (Å²) in [6.45, 7) is 2.83. The Bertz CT molecular complexity index is 922. The molecule has 0 saturated carbocycles. The highest BCUT2D eigenvalue weighted by Crippen LogP contribution is 2.21. The molecule has 0 aliphatic heterocycles. The summed E-state index contributed by atoms with van der Waals surface area (Å²) in [4.78, 5) is 26.0. The molecule has 0 aliphatic carbocycles. The van der Waals surface area contributed by atoms with Crippen molar-refractivity contribution in [3.8, 4) is 0 Å². The van der Waals surface area contributed by atoms with E-state index in [1.165, 1.54) is 22.7 Å². The van der Waals surface area contributed by atoms with Crippen molar-refractivity contribution in [3.63, 3.8) is 0 Å². The molecule has 0 saturated heterocycles. The topological polar surface area (TPSA) is 91.3 Å². The van der Waals surface area contributed by atoms with Crippen LogP contribution < -0.4 is 10.6 Å². The number of carbonyl (C=O) groups excluding carboxylic acids is 2. The van der Waals surface area contributed by atoms with Crippen molar-refractivity contribution in [1.29, 1.82) is 0 Å². The average Bonchev–Trinajstić information content (AvgIpc) is 3.27. The fraction of sp³-hybridized carbons (Fsp3) is 0.286. The van der Waals surface area contributed by atoms with Gasteiger partial charge in [0.05, 0.1) is 4.88 Å². The van der Waals surface area contributed by atoms with Crippen molar-refractivity contribution in [1.82, 2.24) is 25.2 Å². The Hall–Kier alpha value is -2.04. The smallest absolute Gasteiger partial charge is 0.263 e. The third-order valence-corrected chi connectivity index (χ3v) is 5.66. The zero-order valence-electron chi connectivity index (χ0n) is 12.8. The van der Waals surface area contributed by atoms with Gasteiger partial charge in [0.15, 0.2) is 0 Å². The number of thiazole rings is 1. The molecular formula is C14H15N5O2S3. The highest BCUT2D eigenvalue weighted by Gasteiger charge is 2.17. The minimum Gasteiger partial charge on any atom is -0.351 e. The second kappa shape index (κ2) is 7.24. The third-order valence-electron chi connectivity index (χ3n) is 3.37. The van der Waals surface area contributed by atoms with Crippen LogP contribution in [0.1, 0.15) is 31.5 Å². The van der Waals surface area contributed by atoms with E-state index in [9.17, 15) is 9.59 Å². The van der Waals surface area contributed by atoms with E-state index in [-0.39, 0.29) is 11.8 Å². The van der Waals surface area contributed by atoms with Gasteiger partial charge in [0.1, 0.15) is 4.88 Å². The zero-order valence-corrected chi connectivity index (χ0v) is 15.2. The second-order valence-corrected chi connectivity index (χ2v) is 7.32. The van der Waals surface area contributed by atoms with Crippen molar-refractivity contribution in [2.45, 2.75) is 13.3 Å². The fourth-order valence-corrected chi connectivity index (χ4v) is 4.16. The Morgan fingerprint density at radius 1 is 1.33 bits per heavy atom. The number of hydrogen-bond donors (Lipinski definition) is 3. The Morgan fingerprint density at radius 3 is 2.75 bits per heavy atom. The summed E-state index contributed by atoms with van der Waals surface area (Å²) in [7, 11) is 0. The first-order chi connectivity index (χ1) is 11.6. The van der Waals surface area contributed by atoms with E-state index >= 15 is 0 Å². The van der Waals surface area contributed by atoms with E-state index in [0.29, 0.717) is 39.0 Å². The summed E-state index contributed by atoms with van der Waals surface area (Å²) in [6.07, 6.45) is 0.657. The molecule has 0 aliphatic rings. The van der Waals surface area contributed by atoms with Crippen LogP contribution >= 0.6 is 34.9 Å². The normalized spacial score (nSPS) is 10.9. The average molecular weight is 382 g/mol. The first kappa shape index (κ1) is 16.8. The fourth-order valence-electron chi connectivity index (χ4n) is 2.19. The maximum absolute atomic E-state index is 12.3. The molecule has 24 heavy (non-hydrogen) atoms. The predicted molar refractivity (Wildman–Crippen MR) is 96.6 cm³/mol. The summed E-state index contributed by atoms with van der Waals surface area (Å²) in [5, 5.41) is 14.3. The number of hydrogen-bond acceptors (Lipinski definition) is 6. The predicted octanol–water partition coefficient (Wildman–Crippen LogP) is 2.37. The number of thiophene rings is 1. The lowest BCUT2D eigenvalue weighted by Gasteiger charge is -2.05. The van der Waals surface area contributed by atoms with E-state index < -0.39 is 0 Å². The molecule has 0 bridgehead atoms. The minimum absolute atomic E-state index is 0.0825. The highest BCUT2D eigenvalue weighted by atomic mass is 32.1. The summed E-state index contributed by atoms with van der Waals surface area (Å²) >= 11 is 7.83. The van der Waals surface area contributed by atoms with Gasteiger partial charge in [0.25, 0.3) is 11.8 Å². The Kier molecular flexibility index (Phi) is 5.07. The summed E-state index contributed by atoms with van der Waals surface area (Å²) in [5.74, 6) is -0.233. The first-order valence-electron chi connectivity index (χ1n) is 7.24. The van der Waals surface area contributed by atoms with Gasteiger partial charge in [-0.05, 0) is 37.0 Å². The van der Waals surface area contributed by atoms with E-state index in [1.807, 2.05) is 18.4 Å². The number of amides is 2. The number of aromatic nitrogens is 3. The Labute approximate surface area is 150 Å². The van der Waals surface area contributed by atoms with Crippen molar-refractivity contribution < 1.29 is 9.59 Å². The number of nitrogens with one attached hydrogen (secondary N) is 3. The van der Waals surface area contributed by atoms with Crippen LogP contribution in [0.5, 0.6) is 0 Å². The summed E-state index contributed by atoms with van der Waals surface area (Å²) < 4.78 is 2.23. The quantitative estimate of drug-likeness (QED) is 0.452. The van der Waals surface area contributed by atoms with Gasteiger partial charge in [-0.2, -0.15) is 0 Å². The van der Waals surface area contributed by atoms with Crippen LogP contribution in [-0.4, -0.2) is 39.5 Å². The molecule has 0 fully saturated rings. The minimum atomic E-state index is -0.151. The van der Waals surface area contributed by atoms with Crippen LogP contribution in [0.15, 0.2) is 17.5 Å². The molecule has 7 nitrogen and oxygen atoms in total. The van der Waals surface area contributed by atoms with Crippen molar-refractivity contribution in [2.75, 3.05) is 13.1 Å². The molecule has 2 amide bonds. The second-order valence-electron chi connectivity index (χ2n) is 5.01. The molecule has 0 aromatic carbocycles. The number of nitrogens with zero attached hydrogens (tertiary/aromatic N) is 2. The van der Waals surface area contributed by atoms with Gasteiger partial charge < -0.3 is 10.6 Å². The molecule has 0 unspecified atom stereocenters. The van der Waals surface area contributed by atoms with E-state index in [0.717, 1.165) is 5.69 Å². The van der Waals surface area contributed by atoms with Gasteiger partial charge in [-0.3, -0.25) is 19.1 Å². The van der Waals surface area contributed by atoms with Crippen LogP contribution in [0.3, 0.4) is 0 Å². The first-order valence-corrected chi connectivity index (χ1v) is 9.35. The van der Waals surface area contributed by atoms with Crippen molar-refractivity contribution in [3.05, 3.63) is 37.7 Å². The number of fused-ring (bicyclic) bond motifs is 1. The largest absolute Gasteiger partial charge is 0.351 e. The highest BCUT2D eigenvalue weighted by molar-refractivity contribution is 7.71. The molecule has 3 aromatic heterocycles. The molecule has 0 radical (unpaired) electrons. The van der Waals surface area contributed by atoms with Gasteiger partial charge in [0.2, 0.25) is 9.73 Å². The van der Waals surface area contributed by atoms with Gasteiger partial charge in [0, 0.05) is 18.8 Å². The van der Waals surface area contributed by atoms with E-state index in [4.69, 9.17) is 12.2 Å². The van der Waals surface area contributed by atoms with Crippen molar-refractivity contribution >= 4 is 51.7 Å². The van der Waals surface area contributed by atoms with Crippen LogP contribution in [0.4, 0.5) is 0 Å². The number of aryl methyl sites for hydroxylation is 1. The molecule has 3 heterocycles. The van der Waals surface area contributed by atoms with Crippen molar-refractivity contribution in [2.24, 2.45) is 0 Å². The maximum atomic E-state index is 12.3. The van der Waals surface area contributed by atoms with Crippen LogP contribution in [0.25, 0.3) is 4.96 Å². The molecular weight excluding hydrogens is 366 g/mol. The molecule has 3 aromatic rings. The van der Waals surface area contributed by atoms with Gasteiger partial charge in [-0.1, -0.05) is 17.4 Å². The molecule has 126 valence electrons. The lowest BCUT2D eigenvalue weighted by atomic mass is 10.3. The molecule has 0 spiro atoms. The molecule has 0 atom stereocenters. The van der Waals surface area contributed by atoms with Crippen LogP contribution in [0, 0.1) is 11.7 Å². The monoisotopic (exact) mass is 381 g/mol. The van der Waals surface area contributed by atoms with Gasteiger partial charge in [-0.15, -0.1) is 16.4 Å². The number of H-pyrrole nitrogens is 1. The standard InChI is InChI=1S/C14H15N5O2S3/c1-8-10(24-14-18-17-13(22)19(8)14)12(21)16-6-3-5-15-11(20)9-4-2-7-23-9/h2,4,7H,3,5-6H2,1H3,(H,15,20)(H,16,21)(H,17,22). The lowest BCUT2D eigenvalue weighted by Crippen LogP contribution is -2.29. The molecule has 3 N–H and O–H groups in total. The Balaban J connectivity index is 1.48. The summed E-state index contributed by atoms with van der Waals surface area (Å²) in [6, 6.07) is 3.62. The number of aromatic amines is 1. The number of rotatable bonds is 6. The third kappa shape index (κ3) is 3.40. The SMILES string of the molecule is Cc1c(C(=O)NCCCNC(=O)c2cccs2)sc2n[nH]c(=S)n12. The maximum Gasteiger partial charge on any atom is 0.263 e. The van der Waals surface area contributed by atoms with Crippen LogP contribution in [0.2, 0.25) is 0 Å². The van der Waals surface area contributed by atoms with Gasteiger partial charge >= 0.3 is 0 Å². The van der Waals surface area contributed by atoms with E-state index in [1.54, 1.807) is 10.5 Å². The van der Waals surface area contributed by atoms with Gasteiger partial charge in [-0.25, -0.2) is 0 Å². The molecule has 3 rings (SSSR count). The lowest BCUT2D eigenvalue weighted by molar-refractivity contribution is 0.0955. The Morgan fingerprint density at radius 2 is 2.08 bits per heavy atom. The van der Waals surface area contributed by atoms with Crippen LogP contribution in [-0.2, 0) is 0 Å².